The van der Waals surface area contributed by atoms with Crippen LogP contribution in [0, 0.1) is 5.92 Å². The van der Waals surface area contributed by atoms with Crippen LogP contribution in [0.1, 0.15) is 48.7 Å². The molecule has 0 spiro atoms. The lowest BCUT2D eigenvalue weighted by Crippen LogP contribution is -2.62. The summed E-state index contributed by atoms with van der Waals surface area (Å²) in [4.78, 5) is 28.1. The van der Waals surface area contributed by atoms with Crippen molar-refractivity contribution in [1.29, 1.82) is 0 Å². The second kappa shape index (κ2) is 7.95. The van der Waals surface area contributed by atoms with Crippen LogP contribution >= 0.6 is 0 Å². The topological polar surface area (TPSA) is 49.4 Å². The largest absolute Gasteiger partial charge is 0.350 e. The third kappa shape index (κ3) is 4.05. The van der Waals surface area contributed by atoms with Crippen LogP contribution in [0.5, 0.6) is 0 Å². The molecule has 1 heterocycles. The minimum absolute atomic E-state index is 0.0464. The van der Waals surface area contributed by atoms with E-state index < -0.39 is 5.54 Å². The first-order valence-corrected chi connectivity index (χ1v) is 9.64. The molecule has 4 nitrogen and oxygen atoms in total. The molecule has 0 saturated heterocycles. The number of hydrogen-bond acceptors (Lipinski definition) is 2. The number of rotatable bonds is 6. The molecule has 4 heteroatoms. The van der Waals surface area contributed by atoms with Gasteiger partial charge in [-0.25, -0.2) is 0 Å². The molecule has 1 aliphatic heterocycles. The van der Waals surface area contributed by atoms with Crippen LogP contribution in [-0.4, -0.2) is 28.8 Å². The van der Waals surface area contributed by atoms with Crippen LogP contribution in [0.25, 0.3) is 0 Å². The van der Waals surface area contributed by atoms with Gasteiger partial charge in [0.15, 0.2) is 0 Å². The van der Waals surface area contributed by atoms with Crippen LogP contribution in [0.2, 0.25) is 0 Å². The summed E-state index contributed by atoms with van der Waals surface area (Å²) in [5, 5.41) is 3.05. The zero-order valence-corrected chi connectivity index (χ0v) is 16.4. The normalized spacial score (nSPS) is 19.1. The standard InChI is InChI=1S/C23H28N2O2/c1-17(2)13-14-25-21(26)20-12-8-7-11-19(20)15-23(25,3)22(27)24-16-18-9-5-4-6-10-18/h4-12,17H,13-16H2,1-3H3,(H,24,27). The lowest BCUT2D eigenvalue weighted by Gasteiger charge is -2.44. The first-order chi connectivity index (χ1) is 12.9. The van der Waals surface area contributed by atoms with E-state index in [1.54, 1.807) is 4.90 Å². The van der Waals surface area contributed by atoms with Gasteiger partial charge in [-0.05, 0) is 36.5 Å². The van der Waals surface area contributed by atoms with Gasteiger partial charge in [-0.3, -0.25) is 9.59 Å². The maximum Gasteiger partial charge on any atom is 0.255 e. The van der Waals surface area contributed by atoms with Crippen molar-refractivity contribution in [1.82, 2.24) is 10.2 Å². The molecule has 0 saturated carbocycles. The lowest BCUT2D eigenvalue weighted by molar-refractivity contribution is -0.132. The molecular formula is C23H28N2O2. The molecule has 3 rings (SSSR count). The number of benzene rings is 2. The molecule has 27 heavy (non-hydrogen) atoms. The highest BCUT2D eigenvalue weighted by atomic mass is 16.2. The number of carbonyl (C=O) groups excluding carboxylic acids is 2. The fraction of sp³-hybridized carbons (Fsp3) is 0.391. The molecule has 0 aliphatic carbocycles. The number of fused-ring (bicyclic) bond motifs is 1. The maximum absolute atomic E-state index is 13.2. The van der Waals surface area contributed by atoms with Crippen molar-refractivity contribution in [2.24, 2.45) is 5.92 Å². The average molecular weight is 364 g/mol. The maximum atomic E-state index is 13.2. The van der Waals surface area contributed by atoms with Crippen LogP contribution in [-0.2, 0) is 17.8 Å². The predicted molar refractivity (Wildman–Crippen MR) is 107 cm³/mol. The molecule has 2 amide bonds. The summed E-state index contributed by atoms with van der Waals surface area (Å²) < 4.78 is 0. The number of nitrogens with zero attached hydrogens (tertiary/aromatic N) is 1. The minimum Gasteiger partial charge on any atom is -0.350 e. The molecule has 1 atom stereocenters. The molecule has 1 aliphatic rings. The Balaban J connectivity index is 1.86. The first-order valence-electron chi connectivity index (χ1n) is 9.64. The zero-order chi connectivity index (χ0) is 19.4. The van der Waals surface area contributed by atoms with Gasteiger partial charge in [0, 0.05) is 25.1 Å². The van der Waals surface area contributed by atoms with Gasteiger partial charge < -0.3 is 10.2 Å². The number of carbonyl (C=O) groups is 2. The highest BCUT2D eigenvalue weighted by molar-refractivity contribution is 6.02. The van der Waals surface area contributed by atoms with E-state index in [-0.39, 0.29) is 11.8 Å². The molecular weight excluding hydrogens is 336 g/mol. The summed E-state index contributed by atoms with van der Waals surface area (Å²) >= 11 is 0. The van der Waals surface area contributed by atoms with Crippen molar-refractivity contribution in [2.75, 3.05) is 6.54 Å². The van der Waals surface area contributed by atoms with Crippen molar-refractivity contribution in [3.05, 3.63) is 71.3 Å². The Hall–Kier alpha value is -2.62. The Kier molecular flexibility index (Phi) is 5.64. The Labute approximate surface area is 161 Å². The van der Waals surface area contributed by atoms with Crippen LogP contribution in [0.4, 0.5) is 0 Å². The van der Waals surface area contributed by atoms with Gasteiger partial charge in [0.05, 0.1) is 0 Å². The molecule has 1 N–H and O–H groups in total. The number of nitrogens with one attached hydrogen (secondary N) is 1. The molecule has 0 fully saturated rings. The second-order valence-electron chi connectivity index (χ2n) is 7.92. The van der Waals surface area contributed by atoms with Gasteiger partial charge in [0.25, 0.3) is 5.91 Å². The predicted octanol–water partition coefficient (Wildman–Crippen LogP) is 3.81. The summed E-state index contributed by atoms with van der Waals surface area (Å²) in [5.41, 5.74) is 1.83. The smallest absolute Gasteiger partial charge is 0.255 e. The third-order valence-electron chi connectivity index (χ3n) is 5.34. The average Bonchev–Trinajstić information content (AvgIpc) is 2.66. The van der Waals surface area contributed by atoms with E-state index in [1.807, 2.05) is 61.5 Å². The van der Waals surface area contributed by atoms with E-state index in [0.29, 0.717) is 25.4 Å². The minimum atomic E-state index is -0.880. The van der Waals surface area contributed by atoms with Crippen LogP contribution < -0.4 is 5.32 Å². The van der Waals surface area contributed by atoms with Crippen molar-refractivity contribution in [3.8, 4) is 0 Å². The van der Waals surface area contributed by atoms with E-state index in [9.17, 15) is 9.59 Å². The van der Waals surface area contributed by atoms with Gasteiger partial charge in [-0.15, -0.1) is 0 Å². The molecule has 2 aromatic carbocycles. The summed E-state index contributed by atoms with van der Waals surface area (Å²) in [5.74, 6) is 0.319. The van der Waals surface area contributed by atoms with Gasteiger partial charge >= 0.3 is 0 Å². The Morgan fingerprint density at radius 1 is 1.11 bits per heavy atom. The molecule has 1 unspecified atom stereocenters. The fourth-order valence-electron chi connectivity index (χ4n) is 3.63. The van der Waals surface area contributed by atoms with E-state index in [2.05, 4.69) is 19.2 Å². The second-order valence-corrected chi connectivity index (χ2v) is 7.92. The Morgan fingerprint density at radius 3 is 2.48 bits per heavy atom. The zero-order valence-electron chi connectivity index (χ0n) is 16.4. The summed E-state index contributed by atoms with van der Waals surface area (Å²) in [7, 11) is 0. The van der Waals surface area contributed by atoms with E-state index in [4.69, 9.17) is 0 Å². The monoisotopic (exact) mass is 364 g/mol. The highest BCUT2D eigenvalue weighted by Gasteiger charge is 2.46. The van der Waals surface area contributed by atoms with E-state index >= 15 is 0 Å². The molecule has 142 valence electrons. The number of hydrogen-bond donors (Lipinski definition) is 1. The summed E-state index contributed by atoms with van der Waals surface area (Å²) in [6, 6.07) is 17.5. The van der Waals surface area contributed by atoms with Crippen molar-refractivity contribution < 1.29 is 9.59 Å². The molecule has 0 aromatic heterocycles. The van der Waals surface area contributed by atoms with Gasteiger partial charge in [0.2, 0.25) is 5.91 Å². The molecule has 0 bridgehead atoms. The summed E-state index contributed by atoms with van der Waals surface area (Å²) in [6.45, 7) is 7.20. The first kappa shape index (κ1) is 19.2. The van der Waals surface area contributed by atoms with Gasteiger partial charge in [-0.2, -0.15) is 0 Å². The third-order valence-corrected chi connectivity index (χ3v) is 5.34. The van der Waals surface area contributed by atoms with Crippen molar-refractivity contribution >= 4 is 11.8 Å². The van der Waals surface area contributed by atoms with Crippen molar-refractivity contribution in [3.63, 3.8) is 0 Å². The lowest BCUT2D eigenvalue weighted by atomic mass is 9.82. The Morgan fingerprint density at radius 2 is 1.78 bits per heavy atom. The highest BCUT2D eigenvalue weighted by Crippen LogP contribution is 2.32. The quantitative estimate of drug-likeness (QED) is 0.847. The van der Waals surface area contributed by atoms with Crippen LogP contribution in [0.15, 0.2) is 54.6 Å². The molecule has 0 radical (unpaired) electrons. The van der Waals surface area contributed by atoms with E-state index in [1.165, 1.54) is 0 Å². The summed E-state index contributed by atoms with van der Waals surface area (Å²) in [6.07, 6.45) is 1.41. The SMILES string of the molecule is CC(C)CCN1C(=O)c2ccccc2CC1(C)C(=O)NCc1ccccc1. The van der Waals surface area contributed by atoms with Gasteiger partial charge in [0.1, 0.15) is 5.54 Å². The van der Waals surface area contributed by atoms with E-state index in [0.717, 1.165) is 23.1 Å². The molecule has 2 aromatic rings. The van der Waals surface area contributed by atoms with Crippen molar-refractivity contribution in [2.45, 2.75) is 45.7 Å². The fourth-order valence-corrected chi connectivity index (χ4v) is 3.63. The van der Waals surface area contributed by atoms with Crippen LogP contribution in [0.3, 0.4) is 0 Å². The van der Waals surface area contributed by atoms with Gasteiger partial charge in [-0.1, -0.05) is 62.4 Å². The Bertz CT molecular complexity index is 816. The number of amides is 2.